The zero-order chi connectivity index (χ0) is 16.2. The summed E-state index contributed by atoms with van der Waals surface area (Å²) < 4.78 is 5.55. The van der Waals surface area contributed by atoms with E-state index in [0.717, 1.165) is 64.5 Å². The lowest BCUT2D eigenvalue weighted by Gasteiger charge is -2.34. The van der Waals surface area contributed by atoms with Crippen LogP contribution in [0.15, 0.2) is 4.99 Å². The average molecular weight is 312 g/mol. The molecule has 0 radical (unpaired) electrons. The number of piperidine rings is 1. The summed E-state index contributed by atoms with van der Waals surface area (Å²) in [5.74, 6) is 1.06. The average Bonchev–Trinajstić information content (AvgIpc) is 2.50. The molecule has 128 valence electrons. The smallest absolute Gasteiger partial charge is 0.217 e. The molecule has 1 atom stereocenters. The lowest BCUT2D eigenvalue weighted by Crippen LogP contribution is -2.47. The van der Waals surface area contributed by atoms with Gasteiger partial charge in [0.15, 0.2) is 5.96 Å². The largest absolute Gasteiger partial charge is 0.381 e. The summed E-state index contributed by atoms with van der Waals surface area (Å²) in [5, 5.41) is 3.38. The topological polar surface area (TPSA) is 79.9 Å². The zero-order valence-corrected chi connectivity index (χ0v) is 14.1. The molecule has 1 aliphatic rings. The van der Waals surface area contributed by atoms with E-state index in [1.807, 2.05) is 0 Å². The summed E-state index contributed by atoms with van der Waals surface area (Å²) in [4.78, 5) is 17.7. The predicted octanol–water partition coefficient (Wildman–Crippen LogP) is 1.36. The maximum atomic E-state index is 11.1. The SMILES string of the molecule is CCCCOCCCNC(=NC)N1CCCC(CC(N)=O)C1. The van der Waals surface area contributed by atoms with Crippen LogP contribution in [0.2, 0.25) is 0 Å². The van der Waals surface area contributed by atoms with Crippen LogP contribution in [0.4, 0.5) is 0 Å². The van der Waals surface area contributed by atoms with Gasteiger partial charge in [-0.1, -0.05) is 13.3 Å². The molecule has 1 fully saturated rings. The van der Waals surface area contributed by atoms with Crippen LogP contribution in [0, 0.1) is 5.92 Å². The number of nitrogens with zero attached hydrogens (tertiary/aromatic N) is 2. The monoisotopic (exact) mass is 312 g/mol. The fraction of sp³-hybridized carbons (Fsp3) is 0.875. The van der Waals surface area contributed by atoms with Gasteiger partial charge in [-0.25, -0.2) is 0 Å². The molecular weight excluding hydrogens is 280 g/mol. The number of aliphatic imine (C=N–C) groups is 1. The predicted molar refractivity (Wildman–Crippen MR) is 89.8 cm³/mol. The number of unbranched alkanes of at least 4 members (excludes halogenated alkanes) is 1. The summed E-state index contributed by atoms with van der Waals surface area (Å²) in [6.45, 7) is 6.51. The Morgan fingerprint density at radius 3 is 2.86 bits per heavy atom. The molecule has 1 heterocycles. The number of carbonyl (C=O) groups is 1. The Kier molecular flexibility index (Phi) is 9.62. The molecule has 0 aromatic rings. The third kappa shape index (κ3) is 7.64. The summed E-state index contributed by atoms with van der Waals surface area (Å²) in [5.41, 5.74) is 5.31. The van der Waals surface area contributed by atoms with Crippen LogP contribution in [0.3, 0.4) is 0 Å². The van der Waals surface area contributed by atoms with E-state index in [0.29, 0.717) is 12.3 Å². The normalized spacial score (nSPS) is 19.3. The molecule has 0 bridgehead atoms. The number of primary amides is 1. The van der Waals surface area contributed by atoms with Crippen molar-refractivity contribution in [1.29, 1.82) is 0 Å². The van der Waals surface area contributed by atoms with Crippen LogP contribution in [-0.2, 0) is 9.53 Å². The molecule has 0 spiro atoms. The maximum Gasteiger partial charge on any atom is 0.217 e. The van der Waals surface area contributed by atoms with E-state index in [1.165, 1.54) is 6.42 Å². The van der Waals surface area contributed by atoms with Crippen molar-refractivity contribution in [2.75, 3.05) is 39.9 Å². The number of nitrogens with one attached hydrogen (secondary N) is 1. The Bertz CT molecular complexity index is 347. The van der Waals surface area contributed by atoms with Crippen molar-refractivity contribution in [3.8, 4) is 0 Å². The quantitative estimate of drug-likeness (QED) is 0.383. The number of amides is 1. The van der Waals surface area contributed by atoms with Gasteiger partial charge >= 0.3 is 0 Å². The first-order valence-corrected chi connectivity index (χ1v) is 8.49. The number of ether oxygens (including phenoxy) is 1. The molecule has 0 aromatic heterocycles. The van der Waals surface area contributed by atoms with Crippen molar-refractivity contribution in [2.45, 2.75) is 45.4 Å². The van der Waals surface area contributed by atoms with Crippen LogP contribution in [0.5, 0.6) is 0 Å². The van der Waals surface area contributed by atoms with Crippen LogP contribution < -0.4 is 11.1 Å². The Labute approximate surface area is 134 Å². The number of hydrogen-bond acceptors (Lipinski definition) is 3. The van der Waals surface area contributed by atoms with E-state index in [2.05, 4.69) is 22.1 Å². The third-order valence-electron chi connectivity index (χ3n) is 3.91. The molecule has 3 N–H and O–H groups in total. The molecule has 0 aliphatic carbocycles. The summed E-state index contributed by atoms with van der Waals surface area (Å²) in [6, 6.07) is 0. The van der Waals surface area contributed by atoms with Crippen LogP contribution in [0.1, 0.15) is 45.4 Å². The molecule has 22 heavy (non-hydrogen) atoms. The van der Waals surface area contributed by atoms with Crippen LogP contribution in [-0.4, -0.2) is 56.7 Å². The van der Waals surface area contributed by atoms with Crippen LogP contribution in [0.25, 0.3) is 0 Å². The van der Waals surface area contributed by atoms with Gasteiger partial charge in [0.05, 0.1) is 0 Å². The number of carbonyl (C=O) groups excluding carboxylic acids is 1. The molecule has 1 rings (SSSR count). The second kappa shape index (κ2) is 11.3. The van der Waals surface area contributed by atoms with Gasteiger partial charge in [-0.15, -0.1) is 0 Å². The molecule has 1 saturated heterocycles. The molecular formula is C16H32N4O2. The summed E-state index contributed by atoms with van der Waals surface area (Å²) in [6.07, 6.45) is 5.90. The van der Waals surface area contributed by atoms with Crippen molar-refractivity contribution in [2.24, 2.45) is 16.6 Å². The highest BCUT2D eigenvalue weighted by atomic mass is 16.5. The van der Waals surface area contributed by atoms with Crippen molar-refractivity contribution in [1.82, 2.24) is 10.2 Å². The van der Waals surface area contributed by atoms with E-state index in [4.69, 9.17) is 10.5 Å². The maximum absolute atomic E-state index is 11.1. The molecule has 1 unspecified atom stereocenters. The fourth-order valence-electron chi connectivity index (χ4n) is 2.76. The first kappa shape index (κ1) is 18.7. The fourth-order valence-corrected chi connectivity index (χ4v) is 2.76. The number of guanidine groups is 1. The van der Waals surface area contributed by atoms with Crippen molar-refractivity contribution in [3.05, 3.63) is 0 Å². The Morgan fingerprint density at radius 2 is 2.18 bits per heavy atom. The van der Waals surface area contributed by atoms with Gasteiger partial charge in [-0.3, -0.25) is 9.79 Å². The van der Waals surface area contributed by atoms with E-state index < -0.39 is 0 Å². The summed E-state index contributed by atoms with van der Waals surface area (Å²) >= 11 is 0. The molecule has 1 amide bonds. The molecule has 6 heteroatoms. The lowest BCUT2D eigenvalue weighted by atomic mass is 9.95. The molecule has 0 aromatic carbocycles. The van der Waals surface area contributed by atoms with E-state index in [9.17, 15) is 4.79 Å². The Hall–Kier alpha value is -1.30. The van der Waals surface area contributed by atoms with Crippen molar-refractivity contribution < 1.29 is 9.53 Å². The number of likely N-dealkylation sites (tertiary alicyclic amines) is 1. The van der Waals surface area contributed by atoms with Gasteiger partial charge in [0, 0.05) is 46.3 Å². The third-order valence-corrected chi connectivity index (χ3v) is 3.91. The highest BCUT2D eigenvalue weighted by molar-refractivity contribution is 5.80. The minimum atomic E-state index is -0.209. The Balaban J connectivity index is 2.24. The van der Waals surface area contributed by atoms with E-state index >= 15 is 0 Å². The minimum Gasteiger partial charge on any atom is -0.381 e. The number of rotatable bonds is 9. The van der Waals surface area contributed by atoms with E-state index in [1.54, 1.807) is 7.05 Å². The van der Waals surface area contributed by atoms with Gasteiger partial charge in [0.25, 0.3) is 0 Å². The summed E-state index contributed by atoms with van der Waals surface area (Å²) in [7, 11) is 1.80. The van der Waals surface area contributed by atoms with Crippen molar-refractivity contribution in [3.63, 3.8) is 0 Å². The lowest BCUT2D eigenvalue weighted by molar-refractivity contribution is -0.119. The van der Waals surface area contributed by atoms with Crippen LogP contribution >= 0.6 is 0 Å². The standard InChI is InChI=1S/C16H32N4O2/c1-3-4-10-22-11-6-8-19-16(18-2)20-9-5-7-14(13-20)12-15(17)21/h14H,3-13H2,1-2H3,(H2,17,21)(H,18,19). The highest BCUT2D eigenvalue weighted by Gasteiger charge is 2.23. The molecule has 0 saturated carbocycles. The van der Waals surface area contributed by atoms with Gasteiger partial charge in [-0.2, -0.15) is 0 Å². The minimum absolute atomic E-state index is 0.209. The van der Waals surface area contributed by atoms with Gasteiger partial charge < -0.3 is 20.7 Å². The second-order valence-electron chi connectivity index (χ2n) is 5.92. The molecule has 1 aliphatic heterocycles. The Morgan fingerprint density at radius 1 is 1.41 bits per heavy atom. The second-order valence-corrected chi connectivity index (χ2v) is 5.92. The first-order chi connectivity index (χ1) is 10.7. The zero-order valence-electron chi connectivity index (χ0n) is 14.1. The number of nitrogens with two attached hydrogens (primary N) is 1. The van der Waals surface area contributed by atoms with Gasteiger partial charge in [0.2, 0.25) is 5.91 Å². The van der Waals surface area contributed by atoms with Crippen molar-refractivity contribution >= 4 is 11.9 Å². The van der Waals surface area contributed by atoms with Gasteiger partial charge in [0.1, 0.15) is 0 Å². The van der Waals surface area contributed by atoms with E-state index in [-0.39, 0.29) is 5.91 Å². The van der Waals surface area contributed by atoms with Gasteiger partial charge in [-0.05, 0) is 31.6 Å². The number of hydrogen-bond donors (Lipinski definition) is 2. The highest BCUT2D eigenvalue weighted by Crippen LogP contribution is 2.19. The molecule has 6 nitrogen and oxygen atoms in total. The first-order valence-electron chi connectivity index (χ1n) is 8.49.